The van der Waals surface area contributed by atoms with Gasteiger partial charge in [0, 0.05) is 23.6 Å². The van der Waals surface area contributed by atoms with E-state index in [1.165, 1.54) is 0 Å². The van der Waals surface area contributed by atoms with Crippen molar-refractivity contribution in [3.63, 3.8) is 0 Å². The Kier molecular flexibility index (Phi) is 7.26. The number of pyridine rings is 1. The van der Waals surface area contributed by atoms with Crippen molar-refractivity contribution in [2.45, 2.75) is 19.8 Å². The van der Waals surface area contributed by atoms with E-state index in [9.17, 15) is 4.79 Å². The zero-order valence-electron chi connectivity index (χ0n) is 15.4. The maximum absolute atomic E-state index is 12.7. The summed E-state index contributed by atoms with van der Waals surface area (Å²) in [6.45, 7) is 2.49. The zero-order chi connectivity index (χ0) is 19.1. The molecule has 0 aliphatic heterocycles. The maximum atomic E-state index is 12.7. The number of carbonyl (C=O) groups excluding carboxylic acids is 1. The second-order valence-electron chi connectivity index (χ2n) is 5.51. The topological polar surface area (TPSA) is 60.9 Å². The number of carbonyl (C=O) groups is 1. The van der Waals surface area contributed by atoms with E-state index in [0.29, 0.717) is 42.5 Å². The van der Waals surface area contributed by atoms with E-state index in [-0.39, 0.29) is 5.91 Å². The summed E-state index contributed by atoms with van der Waals surface area (Å²) in [7, 11) is 4.71. The van der Waals surface area contributed by atoms with Gasteiger partial charge in [-0.25, -0.2) is 4.98 Å². The van der Waals surface area contributed by atoms with Gasteiger partial charge in [0.05, 0.1) is 21.3 Å². The van der Waals surface area contributed by atoms with E-state index in [1.807, 2.05) is 31.2 Å². The first-order chi connectivity index (χ1) is 12.5. The van der Waals surface area contributed by atoms with Crippen molar-refractivity contribution < 1.29 is 19.0 Å². The lowest BCUT2D eigenvalue weighted by Gasteiger charge is -2.20. The minimum Gasteiger partial charge on any atom is -0.493 e. The van der Waals surface area contributed by atoms with Gasteiger partial charge in [0.25, 0.3) is 0 Å². The second kappa shape index (κ2) is 9.43. The standard InChI is InChI=1S/C19H23BrN2O4/c1-5-22(17-8-7-14(20)12-21-17)18(23)9-6-13-10-15(24-2)19(26-4)16(11-13)25-3/h7-8,10-12H,5-6,9H2,1-4H3. The van der Waals surface area contributed by atoms with E-state index in [4.69, 9.17) is 14.2 Å². The molecule has 1 aromatic heterocycles. The third-order valence-corrected chi connectivity index (χ3v) is 4.43. The number of halogens is 1. The lowest BCUT2D eigenvalue weighted by atomic mass is 10.1. The van der Waals surface area contributed by atoms with Crippen LogP contribution in [0.1, 0.15) is 18.9 Å². The van der Waals surface area contributed by atoms with Gasteiger partial charge in [0.1, 0.15) is 5.82 Å². The third kappa shape index (κ3) is 4.66. The molecule has 140 valence electrons. The van der Waals surface area contributed by atoms with Crippen molar-refractivity contribution in [3.05, 3.63) is 40.5 Å². The molecule has 0 spiro atoms. The largest absolute Gasteiger partial charge is 0.493 e. The fourth-order valence-electron chi connectivity index (χ4n) is 2.66. The van der Waals surface area contributed by atoms with Crippen molar-refractivity contribution in [2.24, 2.45) is 0 Å². The Bertz CT molecular complexity index is 725. The highest BCUT2D eigenvalue weighted by Gasteiger charge is 2.17. The van der Waals surface area contributed by atoms with Crippen molar-refractivity contribution in [1.29, 1.82) is 0 Å². The van der Waals surface area contributed by atoms with Gasteiger partial charge in [-0.3, -0.25) is 9.69 Å². The minimum absolute atomic E-state index is 0.0103. The first-order valence-electron chi connectivity index (χ1n) is 8.24. The molecule has 1 amide bonds. The van der Waals surface area contributed by atoms with E-state index in [0.717, 1.165) is 10.0 Å². The molecular formula is C19H23BrN2O4. The van der Waals surface area contributed by atoms with Gasteiger partial charge < -0.3 is 14.2 Å². The van der Waals surface area contributed by atoms with Crippen LogP contribution in [0.15, 0.2) is 34.9 Å². The molecule has 6 nitrogen and oxygen atoms in total. The SMILES string of the molecule is CCN(C(=O)CCc1cc(OC)c(OC)c(OC)c1)c1ccc(Br)cn1. The monoisotopic (exact) mass is 422 g/mol. The molecule has 0 unspecified atom stereocenters. The summed E-state index contributed by atoms with van der Waals surface area (Å²) >= 11 is 3.35. The van der Waals surface area contributed by atoms with Crippen LogP contribution in [0.5, 0.6) is 17.2 Å². The molecule has 0 N–H and O–H groups in total. The molecule has 0 radical (unpaired) electrons. The van der Waals surface area contributed by atoms with Crippen LogP contribution in [0.3, 0.4) is 0 Å². The van der Waals surface area contributed by atoms with Crippen LogP contribution in [0, 0.1) is 0 Å². The van der Waals surface area contributed by atoms with Gasteiger partial charge in [0.15, 0.2) is 11.5 Å². The van der Waals surface area contributed by atoms with Crippen molar-refractivity contribution in [1.82, 2.24) is 4.98 Å². The molecule has 1 aromatic carbocycles. The molecule has 2 aromatic rings. The maximum Gasteiger partial charge on any atom is 0.228 e. The first kappa shape index (κ1) is 20.0. The smallest absolute Gasteiger partial charge is 0.228 e. The van der Waals surface area contributed by atoms with E-state index < -0.39 is 0 Å². The van der Waals surface area contributed by atoms with Crippen LogP contribution in [0.2, 0.25) is 0 Å². The minimum atomic E-state index is 0.0103. The van der Waals surface area contributed by atoms with Crippen LogP contribution in [0.4, 0.5) is 5.82 Å². The lowest BCUT2D eigenvalue weighted by molar-refractivity contribution is -0.118. The molecule has 0 atom stereocenters. The highest BCUT2D eigenvalue weighted by atomic mass is 79.9. The number of benzene rings is 1. The van der Waals surface area contributed by atoms with E-state index in [2.05, 4.69) is 20.9 Å². The number of methoxy groups -OCH3 is 3. The van der Waals surface area contributed by atoms with Crippen LogP contribution in [-0.2, 0) is 11.2 Å². The molecular weight excluding hydrogens is 400 g/mol. The number of anilines is 1. The average molecular weight is 423 g/mol. The Labute approximate surface area is 162 Å². The Morgan fingerprint density at radius 3 is 2.23 bits per heavy atom. The number of hydrogen-bond donors (Lipinski definition) is 0. The van der Waals surface area contributed by atoms with Crippen molar-refractivity contribution in [2.75, 3.05) is 32.8 Å². The highest BCUT2D eigenvalue weighted by molar-refractivity contribution is 9.10. The summed E-state index contributed by atoms with van der Waals surface area (Å²) in [4.78, 5) is 18.6. The van der Waals surface area contributed by atoms with Gasteiger partial charge in [0.2, 0.25) is 11.7 Å². The molecule has 7 heteroatoms. The quantitative estimate of drug-likeness (QED) is 0.646. The molecule has 0 bridgehead atoms. The number of aryl methyl sites for hydroxylation is 1. The summed E-state index contributed by atoms with van der Waals surface area (Å²) in [6.07, 6.45) is 2.59. The molecule has 1 heterocycles. The van der Waals surface area contributed by atoms with Gasteiger partial charge in [-0.2, -0.15) is 0 Å². The fourth-order valence-corrected chi connectivity index (χ4v) is 2.89. The molecule has 26 heavy (non-hydrogen) atoms. The molecule has 0 aliphatic rings. The second-order valence-corrected chi connectivity index (χ2v) is 6.42. The van der Waals surface area contributed by atoms with Gasteiger partial charge in [-0.05, 0) is 59.1 Å². The van der Waals surface area contributed by atoms with Crippen molar-refractivity contribution in [3.8, 4) is 17.2 Å². The Morgan fingerprint density at radius 1 is 1.12 bits per heavy atom. The summed E-state index contributed by atoms with van der Waals surface area (Å²) in [5, 5.41) is 0. The van der Waals surface area contributed by atoms with Crippen LogP contribution in [-0.4, -0.2) is 38.8 Å². The highest BCUT2D eigenvalue weighted by Crippen LogP contribution is 2.38. The van der Waals surface area contributed by atoms with Gasteiger partial charge in [-0.1, -0.05) is 0 Å². The molecule has 0 saturated heterocycles. The lowest BCUT2D eigenvalue weighted by Crippen LogP contribution is -2.31. The first-order valence-corrected chi connectivity index (χ1v) is 9.04. The Balaban J connectivity index is 2.14. The molecule has 0 saturated carbocycles. The number of ether oxygens (including phenoxy) is 3. The Morgan fingerprint density at radius 2 is 1.77 bits per heavy atom. The Hall–Kier alpha value is -2.28. The number of nitrogens with zero attached hydrogens (tertiary/aromatic N) is 2. The van der Waals surface area contributed by atoms with Crippen LogP contribution in [0.25, 0.3) is 0 Å². The fraction of sp³-hybridized carbons (Fsp3) is 0.368. The number of rotatable bonds is 8. The summed E-state index contributed by atoms with van der Waals surface area (Å²) < 4.78 is 16.9. The molecule has 0 aliphatic carbocycles. The molecule has 0 fully saturated rings. The van der Waals surface area contributed by atoms with E-state index >= 15 is 0 Å². The number of amides is 1. The van der Waals surface area contributed by atoms with Crippen molar-refractivity contribution >= 4 is 27.7 Å². The predicted molar refractivity (Wildman–Crippen MR) is 104 cm³/mol. The number of hydrogen-bond acceptors (Lipinski definition) is 5. The van der Waals surface area contributed by atoms with E-state index in [1.54, 1.807) is 32.4 Å². The summed E-state index contributed by atoms with van der Waals surface area (Å²) in [5.74, 6) is 2.36. The summed E-state index contributed by atoms with van der Waals surface area (Å²) in [6, 6.07) is 7.42. The van der Waals surface area contributed by atoms with Crippen LogP contribution < -0.4 is 19.1 Å². The third-order valence-electron chi connectivity index (χ3n) is 3.96. The average Bonchev–Trinajstić information content (AvgIpc) is 2.67. The zero-order valence-corrected chi connectivity index (χ0v) is 17.0. The number of aromatic nitrogens is 1. The van der Waals surface area contributed by atoms with Gasteiger partial charge >= 0.3 is 0 Å². The van der Waals surface area contributed by atoms with Gasteiger partial charge in [-0.15, -0.1) is 0 Å². The molecule has 2 rings (SSSR count). The van der Waals surface area contributed by atoms with Crippen LogP contribution >= 0.6 is 15.9 Å². The predicted octanol–water partition coefficient (Wildman–Crippen LogP) is 3.86. The summed E-state index contributed by atoms with van der Waals surface area (Å²) in [5.41, 5.74) is 0.938. The normalized spacial score (nSPS) is 10.3.